The van der Waals surface area contributed by atoms with Gasteiger partial charge in [0.1, 0.15) is 0 Å². The van der Waals surface area contributed by atoms with Crippen LogP contribution in [0.3, 0.4) is 0 Å². The molecule has 0 radical (unpaired) electrons. The Balaban J connectivity index is 2.44. The third-order valence-corrected chi connectivity index (χ3v) is 5.31. The maximum atomic E-state index is 12.4. The van der Waals surface area contributed by atoms with Gasteiger partial charge in [-0.1, -0.05) is 13.3 Å². The normalized spacial score (nSPS) is 20.8. The maximum Gasteiger partial charge on any atom is 0.279 e. The molecule has 0 bridgehead atoms. The Labute approximate surface area is 129 Å². The van der Waals surface area contributed by atoms with Crippen molar-refractivity contribution >= 4 is 10.2 Å². The number of hydrogen-bond donors (Lipinski definition) is 2. The van der Waals surface area contributed by atoms with Gasteiger partial charge in [-0.15, -0.1) is 0 Å². The summed E-state index contributed by atoms with van der Waals surface area (Å²) in [6, 6.07) is 0.0784. The van der Waals surface area contributed by atoms with E-state index in [9.17, 15) is 8.42 Å². The van der Waals surface area contributed by atoms with Crippen molar-refractivity contribution in [3.05, 3.63) is 0 Å². The third-order valence-electron chi connectivity index (χ3n) is 3.64. The monoisotopic (exact) mass is 321 g/mol. The van der Waals surface area contributed by atoms with E-state index < -0.39 is 10.2 Å². The van der Waals surface area contributed by atoms with Crippen LogP contribution in [0, 0.1) is 0 Å². The molecule has 7 heteroatoms. The zero-order valence-corrected chi connectivity index (χ0v) is 14.3. The minimum absolute atomic E-state index is 0.0784. The van der Waals surface area contributed by atoms with Crippen LogP contribution in [-0.4, -0.2) is 58.2 Å². The largest absolute Gasteiger partial charge is 0.382 e. The van der Waals surface area contributed by atoms with Crippen LogP contribution >= 0.6 is 0 Å². The number of nitrogens with zero attached hydrogens (tertiary/aromatic N) is 1. The van der Waals surface area contributed by atoms with Crippen molar-refractivity contribution in [2.75, 3.05) is 39.4 Å². The maximum absolute atomic E-state index is 12.4. The molecule has 1 saturated heterocycles. The first kappa shape index (κ1) is 18.8. The average molecular weight is 321 g/mol. The highest BCUT2D eigenvalue weighted by Crippen LogP contribution is 2.19. The fourth-order valence-corrected chi connectivity index (χ4v) is 4.05. The Morgan fingerprint density at radius 1 is 1.24 bits per heavy atom. The van der Waals surface area contributed by atoms with E-state index in [-0.39, 0.29) is 6.04 Å². The molecule has 1 fully saturated rings. The molecule has 0 spiro atoms. The summed E-state index contributed by atoms with van der Waals surface area (Å²) >= 11 is 0. The molecule has 21 heavy (non-hydrogen) atoms. The molecule has 0 aromatic rings. The molecule has 1 aliphatic rings. The number of ether oxygens (including phenoxy) is 1. The van der Waals surface area contributed by atoms with Gasteiger partial charge in [-0.05, 0) is 39.2 Å². The van der Waals surface area contributed by atoms with Crippen LogP contribution in [0.2, 0.25) is 0 Å². The van der Waals surface area contributed by atoms with Crippen molar-refractivity contribution < 1.29 is 13.2 Å². The summed E-state index contributed by atoms with van der Waals surface area (Å²) < 4.78 is 34.4. The number of nitrogens with one attached hydrogen (secondary N) is 2. The van der Waals surface area contributed by atoms with Crippen LogP contribution in [0.15, 0.2) is 0 Å². The molecule has 1 rings (SSSR count). The van der Waals surface area contributed by atoms with E-state index in [2.05, 4.69) is 17.0 Å². The zero-order valence-electron chi connectivity index (χ0n) is 13.4. The van der Waals surface area contributed by atoms with Crippen LogP contribution in [0.25, 0.3) is 0 Å². The predicted octanol–water partition coefficient (Wildman–Crippen LogP) is 1.10. The predicted molar refractivity (Wildman–Crippen MR) is 85.5 cm³/mol. The lowest BCUT2D eigenvalue weighted by Gasteiger charge is -2.34. The molecule has 1 atom stereocenters. The summed E-state index contributed by atoms with van der Waals surface area (Å²) in [5.74, 6) is 0. The minimum atomic E-state index is -3.37. The van der Waals surface area contributed by atoms with Gasteiger partial charge in [-0.25, -0.2) is 4.72 Å². The van der Waals surface area contributed by atoms with Crippen molar-refractivity contribution in [1.29, 1.82) is 0 Å². The molecule has 1 unspecified atom stereocenters. The molecule has 0 aromatic heterocycles. The van der Waals surface area contributed by atoms with Gasteiger partial charge in [-0.3, -0.25) is 0 Å². The van der Waals surface area contributed by atoms with E-state index in [1.165, 1.54) is 0 Å². The highest BCUT2D eigenvalue weighted by atomic mass is 32.2. The molecule has 0 saturated carbocycles. The molecule has 2 N–H and O–H groups in total. The number of piperidine rings is 1. The van der Waals surface area contributed by atoms with Gasteiger partial charge in [0.2, 0.25) is 0 Å². The summed E-state index contributed by atoms with van der Waals surface area (Å²) in [5, 5.41) is 3.34. The molecule has 1 aliphatic heterocycles. The van der Waals surface area contributed by atoms with Crippen LogP contribution in [-0.2, 0) is 14.9 Å². The van der Waals surface area contributed by atoms with Gasteiger partial charge in [0.25, 0.3) is 10.2 Å². The molecule has 1 heterocycles. The van der Waals surface area contributed by atoms with E-state index in [1.54, 1.807) is 4.31 Å². The molecular formula is C14H31N3O3S. The highest BCUT2D eigenvalue weighted by Gasteiger charge is 2.31. The summed E-state index contributed by atoms with van der Waals surface area (Å²) in [4.78, 5) is 0. The topological polar surface area (TPSA) is 70.7 Å². The second-order valence-electron chi connectivity index (χ2n) is 5.41. The van der Waals surface area contributed by atoms with Crippen LogP contribution in [0.4, 0.5) is 0 Å². The van der Waals surface area contributed by atoms with Crippen LogP contribution in [0.5, 0.6) is 0 Å². The number of hydrogen-bond acceptors (Lipinski definition) is 4. The Morgan fingerprint density at radius 2 is 2.05 bits per heavy atom. The quantitative estimate of drug-likeness (QED) is 0.559. The van der Waals surface area contributed by atoms with Gasteiger partial charge in [0.15, 0.2) is 0 Å². The van der Waals surface area contributed by atoms with Gasteiger partial charge in [0, 0.05) is 38.9 Å². The van der Waals surface area contributed by atoms with Gasteiger partial charge in [0.05, 0.1) is 0 Å². The molecule has 0 aliphatic carbocycles. The fourth-order valence-electron chi connectivity index (χ4n) is 2.54. The van der Waals surface area contributed by atoms with Gasteiger partial charge >= 0.3 is 0 Å². The van der Waals surface area contributed by atoms with Gasteiger partial charge < -0.3 is 10.1 Å². The lowest BCUT2D eigenvalue weighted by molar-refractivity contribution is 0.145. The second kappa shape index (κ2) is 10.5. The molecule has 6 nitrogen and oxygen atoms in total. The van der Waals surface area contributed by atoms with E-state index in [0.717, 1.165) is 38.8 Å². The Hall–Kier alpha value is -0.210. The van der Waals surface area contributed by atoms with Gasteiger partial charge in [-0.2, -0.15) is 12.7 Å². The Bertz CT molecular complexity index is 362. The average Bonchev–Trinajstić information content (AvgIpc) is 2.48. The van der Waals surface area contributed by atoms with Crippen LogP contribution in [0.1, 0.15) is 46.0 Å². The first-order valence-electron chi connectivity index (χ1n) is 8.16. The standard InChI is InChI=1S/C14H31N3O3S/c1-3-9-15-13-14-8-5-6-11-17(14)21(18,19)16-10-7-12-20-4-2/h14-16H,3-13H2,1-2H3. The minimum Gasteiger partial charge on any atom is -0.382 e. The second-order valence-corrected chi connectivity index (χ2v) is 7.12. The SMILES string of the molecule is CCCNCC1CCCCN1S(=O)(=O)NCCCOCC. The zero-order chi connectivity index (χ0) is 15.6. The molecule has 0 aromatic carbocycles. The van der Waals surface area contributed by atoms with Crippen molar-refractivity contribution in [2.45, 2.75) is 52.0 Å². The van der Waals surface area contributed by atoms with Crippen molar-refractivity contribution in [1.82, 2.24) is 14.3 Å². The lowest BCUT2D eigenvalue weighted by atomic mass is 10.1. The first-order valence-corrected chi connectivity index (χ1v) is 9.60. The number of rotatable bonds is 11. The van der Waals surface area contributed by atoms with E-state index in [0.29, 0.717) is 32.7 Å². The molecule has 126 valence electrons. The van der Waals surface area contributed by atoms with Crippen molar-refractivity contribution in [2.24, 2.45) is 0 Å². The lowest BCUT2D eigenvalue weighted by Crippen LogP contribution is -2.52. The Morgan fingerprint density at radius 3 is 2.76 bits per heavy atom. The fraction of sp³-hybridized carbons (Fsp3) is 1.00. The van der Waals surface area contributed by atoms with Crippen molar-refractivity contribution in [3.8, 4) is 0 Å². The summed E-state index contributed by atoms with van der Waals surface area (Å²) in [6.45, 7) is 8.06. The van der Waals surface area contributed by atoms with Crippen molar-refractivity contribution in [3.63, 3.8) is 0 Å². The van der Waals surface area contributed by atoms with E-state index in [4.69, 9.17) is 4.74 Å². The summed E-state index contributed by atoms with van der Waals surface area (Å²) in [6.07, 6.45) is 4.77. The molecular weight excluding hydrogens is 290 g/mol. The summed E-state index contributed by atoms with van der Waals surface area (Å²) in [7, 11) is -3.37. The first-order chi connectivity index (χ1) is 10.1. The summed E-state index contributed by atoms with van der Waals surface area (Å²) in [5.41, 5.74) is 0. The highest BCUT2D eigenvalue weighted by molar-refractivity contribution is 7.87. The third kappa shape index (κ3) is 7.06. The smallest absolute Gasteiger partial charge is 0.279 e. The molecule has 0 amide bonds. The Kier molecular flexibility index (Phi) is 9.42. The van der Waals surface area contributed by atoms with E-state index >= 15 is 0 Å². The van der Waals surface area contributed by atoms with Crippen LogP contribution < -0.4 is 10.0 Å². The van der Waals surface area contributed by atoms with E-state index in [1.807, 2.05) is 6.92 Å².